The first-order valence-electron chi connectivity index (χ1n) is 12.0. The molecule has 0 radical (unpaired) electrons. The molecule has 0 amide bonds. The molecule has 2 aromatic rings. The molecule has 2 saturated heterocycles. The van der Waals surface area contributed by atoms with Crippen LogP contribution in [0.3, 0.4) is 0 Å². The normalized spacial score (nSPS) is 35.8. The van der Waals surface area contributed by atoms with Gasteiger partial charge in [0.05, 0.1) is 24.2 Å². The molecule has 2 aromatic carbocycles. The monoisotopic (exact) mass is 540 g/mol. The number of ether oxygens (including phenoxy) is 4. The molecule has 0 unspecified atom stereocenters. The number of carbonyl (C=O) groups is 1. The van der Waals surface area contributed by atoms with Gasteiger partial charge in [0.15, 0.2) is 12.1 Å². The Kier molecular flexibility index (Phi) is 8.54. The van der Waals surface area contributed by atoms with E-state index < -0.39 is 74.6 Å². The third-order valence-corrected chi connectivity index (χ3v) is 6.86. The molecule has 10 atom stereocenters. The fourth-order valence-electron chi connectivity index (χ4n) is 4.85. The van der Waals surface area contributed by atoms with Crippen LogP contribution in [-0.2, 0) is 14.2 Å². The molecule has 4 rings (SSSR count). The topological polar surface area (TPSA) is 216 Å². The summed E-state index contributed by atoms with van der Waals surface area (Å²) in [5.41, 5.74) is 0.635. The largest absolute Gasteiger partial charge is 0.506 e. The average Bonchev–Trinajstić information content (AvgIpc) is 2.87. The van der Waals surface area contributed by atoms with E-state index in [9.17, 15) is 45.6 Å². The Labute approximate surface area is 217 Å². The number of phenols is 1. The van der Waals surface area contributed by atoms with Crippen LogP contribution in [0.4, 0.5) is 0 Å². The first-order valence-corrected chi connectivity index (χ1v) is 12.0. The van der Waals surface area contributed by atoms with Gasteiger partial charge in [-0.15, -0.1) is 0 Å². The van der Waals surface area contributed by atoms with E-state index in [1.807, 2.05) is 0 Å². The van der Waals surface area contributed by atoms with Crippen molar-refractivity contribution in [2.75, 3.05) is 13.2 Å². The molecule has 2 heterocycles. The molecule has 13 nitrogen and oxygen atoms in total. The Morgan fingerprint density at radius 2 is 1.53 bits per heavy atom. The summed E-state index contributed by atoms with van der Waals surface area (Å²) in [6.07, 6.45) is -16.2. The molecular formula is C25H32O13. The smallest absolute Gasteiger partial charge is 0.229 e. The van der Waals surface area contributed by atoms with Crippen LogP contribution in [0.25, 0.3) is 10.8 Å². The minimum atomic E-state index is -1.81. The maximum atomic E-state index is 12.1. The van der Waals surface area contributed by atoms with Crippen LogP contribution in [0.5, 0.6) is 11.5 Å². The van der Waals surface area contributed by atoms with E-state index in [-0.39, 0.29) is 28.2 Å². The van der Waals surface area contributed by atoms with Gasteiger partial charge in [-0.05, 0) is 30.9 Å². The minimum Gasteiger partial charge on any atom is -0.506 e. The fourth-order valence-corrected chi connectivity index (χ4v) is 4.85. The number of hydrogen-bond donors (Lipinski definition) is 8. The highest BCUT2D eigenvalue weighted by Crippen LogP contribution is 2.39. The maximum Gasteiger partial charge on any atom is 0.229 e. The molecule has 2 aliphatic heterocycles. The Bertz CT molecular complexity index is 1150. The standard InChI is InChI=1S/C25H32O13/c1-9-6-11-4-3-5-12(16(11)19(31)15(9)10(2)28)35-25-22(34)23(18(30)14(8-27)37-25)38-24-21(33)20(32)17(29)13(7-26)36-24/h3-6,13-14,17-18,20-27,29-34H,7-8H2,1-2H3/t13-,14-,17-,18-,20+,21-,22-,23+,24-,25+/m1/s1. The summed E-state index contributed by atoms with van der Waals surface area (Å²) in [7, 11) is 0. The van der Waals surface area contributed by atoms with Crippen LogP contribution >= 0.6 is 0 Å². The van der Waals surface area contributed by atoms with E-state index in [0.717, 1.165) is 0 Å². The molecule has 2 fully saturated rings. The van der Waals surface area contributed by atoms with E-state index in [4.69, 9.17) is 18.9 Å². The number of Topliss-reactive ketones (excluding diaryl/α,β-unsaturated/α-hetero) is 1. The number of phenolic OH excluding ortho intramolecular Hbond substituents is 1. The Morgan fingerprint density at radius 3 is 2.16 bits per heavy atom. The molecule has 2 aliphatic rings. The van der Waals surface area contributed by atoms with Crippen molar-refractivity contribution in [3.8, 4) is 11.5 Å². The van der Waals surface area contributed by atoms with Crippen LogP contribution < -0.4 is 4.74 Å². The quantitative estimate of drug-likeness (QED) is 0.180. The van der Waals surface area contributed by atoms with Crippen molar-refractivity contribution in [1.82, 2.24) is 0 Å². The summed E-state index contributed by atoms with van der Waals surface area (Å²) in [6, 6.07) is 6.44. The zero-order chi connectivity index (χ0) is 27.9. The average molecular weight is 541 g/mol. The predicted octanol–water partition coefficient (Wildman–Crippen LogP) is -1.94. The van der Waals surface area contributed by atoms with E-state index in [1.165, 1.54) is 13.0 Å². The summed E-state index contributed by atoms with van der Waals surface area (Å²) in [4.78, 5) is 12.1. The molecular weight excluding hydrogens is 508 g/mol. The van der Waals surface area contributed by atoms with E-state index in [0.29, 0.717) is 10.9 Å². The van der Waals surface area contributed by atoms with Crippen molar-refractivity contribution in [2.24, 2.45) is 0 Å². The highest BCUT2D eigenvalue weighted by atomic mass is 16.7. The zero-order valence-electron chi connectivity index (χ0n) is 20.6. The van der Waals surface area contributed by atoms with Crippen molar-refractivity contribution in [1.29, 1.82) is 0 Å². The molecule has 0 bridgehead atoms. The summed E-state index contributed by atoms with van der Waals surface area (Å²) in [5.74, 6) is -0.686. The maximum absolute atomic E-state index is 12.1. The number of hydrogen-bond acceptors (Lipinski definition) is 13. The fraction of sp³-hybridized carbons (Fsp3) is 0.560. The van der Waals surface area contributed by atoms with Gasteiger partial charge in [0.25, 0.3) is 0 Å². The van der Waals surface area contributed by atoms with Gasteiger partial charge in [0.1, 0.15) is 60.3 Å². The third-order valence-electron chi connectivity index (χ3n) is 6.86. The van der Waals surface area contributed by atoms with Gasteiger partial charge in [-0.1, -0.05) is 18.2 Å². The lowest BCUT2D eigenvalue weighted by atomic mass is 9.96. The number of aliphatic hydroxyl groups is 7. The van der Waals surface area contributed by atoms with Crippen LogP contribution in [0.1, 0.15) is 22.8 Å². The third kappa shape index (κ3) is 5.10. The van der Waals surface area contributed by atoms with Crippen LogP contribution in [-0.4, -0.2) is 121 Å². The van der Waals surface area contributed by atoms with Gasteiger partial charge in [0.2, 0.25) is 6.29 Å². The van der Waals surface area contributed by atoms with Crippen molar-refractivity contribution in [3.05, 3.63) is 35.4 Å². The minimum absolute atomic E-state index is 0.0196. The lowest BCUT2D eigenvalue weighted by molar-refractivity contribution is -0.352. The van der Waals surface area contributed by atoms with Crippen LogP contribution in [0.15, 0.2) is 24.3 Å². The number of benzene rings is 2. The summed E-state index contributed by atoms with van der Waals surface area (Å²) >= 11 is 0. The lowest BCUT2D eigenvalue weighted by Gasteiger charge is -2.45. The highest BCUT2D eigenvalue weighted by molar-refractivity contribution is 6.06. The summed E-state index contributed by atoms with van der Waals surface area (Å²) in [5, 5.41) is 82.8. The van der Waals surface area contributed by atoms with Gasteiger partial charge < -0.3 is 59.8 Å². The first-order chi connectivity index (χ1) is 18.0. The number of rotatable bonds is 7. The number of ketones is 1. The van der Waals surface area contributed by atoms with Crippen molar-refractivity contribution >= 4 is 16.6 Å². The first kappa shape index (κ1) is 28.6. The van der Waals surface area contributed by atoms with E-state index in [2.05, 4.69) is 0 Å². The lowest BCUT2D eigenvalue weighted by Crippen LogP contribution is -2.65. The predicted molar refractivity (Wildman–Crippen MR) is 127 cm³/mol. The molecule has 38 heavy (non-hydrogen) atoms. The SMILES string of the molecule is CC(=O)c1c(C)cc2cccc(O[C@H]3O[C@H](CO)[C@@H](O)[C@H](O[C@H]4O[C@H](CO)[C@@H](O)[C@H](O)[C@H]4O)[C@H]3O)c2c1O. The molecule has 0 aromatic heterocycles. The second kappa shape index (κ2) is 11.4. The van der Waals surface area contributed by atoms with Gasteiger partial charge in [0, 0.05) is 0 Å². The van der Waals surface area contributed by atoms with Gasteiger partial charge in [-0.3, -0.25) is 4.79 Å². The molecule has 0 aliphatic carbocycles. The van der Waals surface area contributed by atoms with E-state index in [1.54, 1.807) is 25.1 Å². The number of carbonyl (C=O) groups excluding carboxylic acids is 1. The Morgan fingerprint density at radius 1 is 0.895 bits per heavy atom. The Hall–Kier alpha value is -2.43. The second-order valence-corrected chi connectivity index (χ2v) is 9.45. The van der Waals surface area contributed by atoms with Crippen LogP contribution in [0.2, 0.25) is 0 Å². The number of aromatic hydroxyl groups is 1. The van der Waals surface area contributed by atoms with Crippen molar-refractivity contribution < 1.29 is 64.6 Å². The summed E-state index contributed by atoms with van der Waals surface area (Å²) in [6.45, 7) is 1.53. The molecule has 13 heteroatoms. The van der Waals surface area contributed by atoms with Gasteiger partial charge >= 0.3 is 0 Å². The highest BCUT2D eigenvalue weighted by Gasteiger charge is 2.51. The van der Waals surface area contributed by atoms with Crippen molar-refractivity contribution in [2.45, 2.75) is 75.3 Å². The molecule has 8 N–H and O–H groups in total. The van der Waals surface area contributed by atoms with E-state index >= 15 is 0 Å². The van der Waals surface area contributed by atoms with Crippen LogP contribution in [0, 0.1) is 6.92 Å². The molecule has 0 saturated carbocycles. The molecule has 0 spiro atoms. The second-order valence-electron chi connectivity index (χ2n) is 9.45. The number of fused-ring (bicyclic) bond motifs is 1. The molecule has 210 valence electrons. The van der Waals surface area contributed by atoms with Gasteiger partial charge in [-0.2, -0.15) is 0 Å². The van der Waals surface area contributed by atoms with Crippen molar-refractivity contribution in [3.63, 3.8) is 0 Å². The number of aliphatic hydroxyl groups excluding tert-OH is 7. The Balaban J connectivity index is 1.65. The number of aryl methyl sites for hydroxylation is 1. The van der Waals surface area contributed by atoms with Gasteiger partial charge in [-0.25, -0.2) is 0 Å². The zero-order valence-corrected chi connectivity index (χ0v) is 20.6. The summed E-state index contributed by atoms with van der Waals surface area (Å²) < 4.78 is 22.3.